The molecule has 5 nitrogen and oxygen atoms in total. The summed E-state index contributed by atoms with van der Waals surface area (Å²) in [5, 5.41) is 3.92. The molecule has 0 aliphatic carbocycles. The smallest absolute Gasteiger partial charge is 0.265 e. The van der Waals surface area contributed by atoms with E-state index in [1.807, 2.05) is 6.07 Å². The molecule has 0 atom stereocenters. The van der Waals surface area contributed by atoms with Crippen LogP contribution in [0.5, 0.6) is 0 Å². The molecule has 0 saturated carbocycles. The Morgan fingerprint density at radius 2 is 1.77 bits per heavy atom. The van der Waals surface area contributed by atoms with Crippen LogP contribution in [0.15, 0.2) is 69.9 Å². The lowest BCUT2D eigenvalue weighted by Gasteiger charge is -2.14. The fourth-order valence-electron chi connectivity index (χ4n) is 3.16. The highest BCUT2D eigenvalue weighted by Crippen LogP contribution is 2.27. The molecule has 0 saturated heterocycles. The van der Waals surface area contributed by atoms with Gasteiger partial charge in [0.2, 0.25) is 0 Å². The zero-order chi connectivity index (χ0) is 21.4. The number of aromatic nitrogens is 2. The lowest BCUT2D eigenvalue weighted by Crippen LogP contribution is -2.22. The van der Waals surface area contributed by atoms with E-state index in [9.17, 15) is 9.59 Å². The van der Waals surface area contributed by atoms with Crippen LogP contribution >= 0.6 is 39.1 Å². The van der Waals surface area contributed by atoms with Gasteiger partial charge in [-0.05, 0) is 55.5 Å². The second-order valence-electron chi connectivity index (χ2n) is 6.56. The van der Waals surface area contributed by atoms with E-state index in [-0.39, 0.29) is 5.56 Å². The first-order valence-corrected chi connectivity index (χ1v) is 10.4. The molecular formula is C22H14BrCl2N3O2. The van der Waals surface area contributed by atoms with Crippen LogP contribution in [-0.4, -0.2) is 15.5 Å². The number of amides is 1. The molecule has 150 valence electrons. The minimum atomic E-state index is -0.416. The number of fused-ring (bicyclic) bond motifs is 1. The summed E-state index contributed by atoms with van der Waals surface area (Å²) < 4.78 is 2.21. The zero-order valence-corrected chi connectivity index (χ0v) is 18.7. The number of hydrogen-bond donors (Lipinski definition) is 1. The standard InChI is InChI=1S/C22H14BrCl2N3O2/c1-12-26-19-5-3-2-4-15(19)22(30)28(12)14-7-9-18(25)20(11-14)27-21(29)16-10-13(23)6-8-17(16)24/h2-11H,1H3,(H,27,29). The van der Waals surface area contributed by atoms with Crippen molar-refractivity contribution in [2.45, 2.75) is 6.92 Å². The molecule has 1 heterocycles. The molecular weight excluding hydrogens is 489 g/mol. The van der Waals surface area contributed by atoms with E-state index in [1.165, 1.54) is 4.57 Å². The summed E-state index contributed by atoms with van der Waals surface area (Å²) in [4.78, 5) is 30.3. The van der Waals surface area contributed by atoms with E-state index in [0.717, 1.165) is 4.47 Å². The van der Waals surface area contributed by atoms with E-state index in [0.29, 0.717) is 43.7 Å². The van der Waals surface area contributed by atoms with Gasteiger partial charge in [0.05, 0.1) is 37.9 Å². The first-order chi connectivity index (χ1) is 14.3. The third-order valence-corrected chi connectivity index (χ3v) is 5.73. The number of rotatable bonds is 3. The van der Waals surface area contributed by atoms with Gasteiger partial charge >= 0.3 is 0 Å². The number of para-hydroxylation sites is 1. The van der Waals surface area contributed by atoms with Gasteiger partial charge in [0.1, 0.15) is 5.82 Å². The fourth-order valence-corrected chi connectivity index (χ4v) is 3.89. The Hall–Kier alpha value is -2.67. The van der Waals surface area contributed by atoms with E-state index >= 15 is 0 Å². The molecule has 8 heteroatoms. The summed E-state index contributed by atoms with van der Waals surface area (Å²) >= 11 is 15.8. The Balaban J connectivity index is 1.78. The summed E-state index contributed by atoms with van der Waals surface area (Å²) in [6, 6.07) is 17.1. The molecule has 30 heavy (non-hydrogen) atoms. The van der Waals surface area contributed by atoms with Crippen LogP contribution in [0.3, 0.4) is 0 Å². The van der Waals surface area contributed by atoms with Crippen molar-refractivity contribution in [1.82, 2.24) is 9.55 Å². The predicted molar refractivity (Wildman–Crippen MR) is 124 cm³/mol. The van der Waals surface area contributed by atoms with Gasteiger partial charge in [0.25, 0.3) is 11.5 Å². The maximum absolute atomic E-state index is 13.1. The lowest BCUT2D eigenvalue weighted by molar-refractivity contribution is 0.102. The number of hydrogen-bond acceptors (Lipinski definition) is 3. The molecule has 0 aliphatic rings. The number of aryl methyl sites for hydroxylation is 1. The Labute approximate surface area is 190 Å². The van der Waals surface area contributed by atoms with Gasteiger partial charge in [-0.25, -0.2) is 4.98 Å². The summed E-state index contributed by atoms with van der Waals surface area (Å²) in [5.41, 5.74) is 1.62. The molecule has 4 rings (SSSR count). The molecule has 0 bridgehead atoms. The largest absolute Gasteiger partial charge is 0.321 e. The van der Waals surface area contributed by atoms with Crippen molar-refractivity contribution in [2.75, 3.05) is 5.32 Å². The van der Waals surface area contributed by atoms with Crippen LogP contribution in [0.1, 0.15) is 16.2 Å². The van der Waals surface area contributed by atoms with Gasteiger partial charge in [-0.15, -0.1) is 0 Å². The van der Waals surface area contributed by atoms with E-state index in [2.05, 4.69) is 26.2 Å². The molecule has 0 radical (unpaired) electrons. The summed E-state index contributed by atoms with van der Waals surface area (Å²) in [5.74, 6) is 0.106. The maximum atomic E-state index is 13.1. The molecule has 0 fully saturated rings. The number of halogens is 3. The summed E-state index contributed by atoms with van der Waals surface area (Å²) in [6.45, 7) is 1.75. The Kier molecular flexibility index (Phi) is 5.64. The monoisotopic (exact) mass is 501 g/mol. The highest BCUT2D eigenvalue weighted by atomic mass is 79.9. The van der Waals surface area contributed by atoms with Crippen LogP contribution in [0, 0.1) is 6.92 Å². The molecule has 0 aliphatic heterocycles. The predicted octanol–water partition coefficient (Wildman–Crippen LogP) is 6.02. The highest BCUT2D eigenvalue weighted by molar-refractivity contribution is 9.10. The van der Waals surface area contributed by atoms with Crippen molar-refractivity contribution < 1.29 is 4.79 Å². The van der Waals surface area contributed by atoms with Gasteiger partial charge in [-0.1, -0.05) is 51.3 Å². The van der Waals surface area contributed by atoms with E-state index in [1.54, 1.807) is 61.5 Å². The third kappa shape index (κ3) is 3.86. The average Bonchev–Trinajstić information content (AvgIpc) is 2.72. The molecule has 4 aromatic rings. The first kappa shape index (κ1) is 20.6. The van der Waals surface area contributed by atoms with Crippen LogP contribution in [0.25, 0.3) is 16.6 Å². The topological polar surface area (TPSA) is 64.0 Å². The second-order valence-corrected chi connectivity index (χ2v) is 8.29. The minimum absolute atomic E-state index is 0.201. The van der Waals surface area contributed by atoms with Gasteiger partial charge in [0, 0.05) is 4.47 Å². The van der Waals surface area contributed by atoms with Crippen molar-refractivity contribution >= 4 is 61.6 Å². The van der Waals surface area contributed by atoms with Crippen molar-refractivity contribution in [3.8, 4) is 5.69 Å². The van der Waals surface area contributed by atoms with Crippen LogP contribution in [-0.2, 0) is 0 Å². The Morgan fingerprint density at radius 1 is 1.03 bits per heavy atom. The van der Waals surface area contributed by atoms with Gasteiger partial charge < -0.3 is 5.32 Å². The SMILES string of the molecule is Cc1nc2ccccc2c(=O)n1-c1ccc(Cl)c(NC(=O)c2cc(Br)ccc2Cl)c1. The third-order valence-electron chi connectivity index (χ3n) is 4.57. The quantitative estimate of drug-likeness (QED) is 0.372. The van der Waals surface area contributed by atoms with Gasteiger partial charge in [-0.3, -0.25) is 14.2 Å². The van der Waals surface area contributed by atoms with E-state index in [4.69, 9.17) is 23.2 Å². The minimum Gasteiger partial charge on any atom is -0.321 e. The van der Waals surface area contributed by atoms with Crippen LogP contribution < -0.4 is 10.9 Å². The van der Waals surface area contributed by atoms with Crippen molar-refractivity contribution in [3.05, 3.63) is 96.9 Å². The van der Waals surface area contributed by atoms with Crippen LogP contribution in [0.2, 0.25) is 10.0 Å². The maximum Gasteiger partial charge on any atom is 0.265 e. The van der Waals surface area contributed by atoms with E-state index < -0.39 is 5.91 Å². The summed E-state index contributed by atoms with van der Waals surface area (Å²) in [6.07, 6.45) is 0. The summed E-state index contributed by atoms with van der Waals surface area (Å²) in [7, 11) is 0. The molecule has 3 aromatic carbocycles. The Bertz CT molecular complexity index is 1370. The van der Waals surface area contributed by atoms with Crippen molar-refractivity contribution in [1.29, 1.82) is 0 Å². The molecule has 0 spiro atoms. The molecule has 1 amide bonds. The highest BCUT2D eigenvalue weighted by Gasteiger charge is 2.15. The number of carbonyl (C=O) groups is 1. The number of benzene rings is 3. The van der Waals surface area contributed by atoms with Crippen molar-refractivity contribution in [2.24, 2.45) is 0 Å². The Morgan fingerprint density at radius 3 is 2.57 bits per heavy atom. The second kappa shape index (κ2) is 8.22. The fraction of sp³-hybridized carbons (Fsp3) is 0.0455. The first-order valence-electron chi connectivity index (χ1n) is 8.90. The zero-order valence-electron chi connectivity index (χ0n) is 15.6. The molecule has 1 N–H and O–H groups in total. The van der Waals surface area contributed by atoms with Crippen LogP contribution in [0.4, 0.5) is 5.69 Å². The number of nitrogens with one attached hydrogen (secondary N) is 1. The van der Waals surface area contributed by atoms with Gasteiger partial charge in [0.15, 0.2) is 0 Å². The average molecular weight is 503 g/mol. The number of nitrogens with zero attached hydrogens (tertiary/aromatic N) is 2. The number of carbonyl (C=O) groups excluding carboxylic acids is 1. The number of anilines is 1. The lowest BCUT2D eigenvalue weighted by atomic mass is 10.2. The molecule has 1 aromatic heterocycles. The van der Waals surface area contributed by atoms with Gasteiger partial charge in [-0.2, -0.15) is 0 Å². The normalized spacial score (nSPS) is 10.9. The van der Waals surface area contributed by atoms with Crippen molar-refractivity contribution in [3.63, 3.8) is 0 Å². The molecule has 0 unspecified atom stereocenters.